The Hall–Kier alpha value is -2.02. The van der Waals surface area contributed by atoms with Gasteiger partial charge in [-0.2, -0.15) is 0 Å². The number of hydrogen-bond donors (Lipinski definition) is 1. The molecule has 0 aromatic heterocycles. The minimum Gasteiger partial charge on any atom is -0.508 e. The van der Waals surface area contributed by atoms with E-state index < -0.39 is 0 Å². The van der Waals surface area contributed by atoms with Gasteiger partial charge in [-0.1, -0.05) is 53.6 Å². The molecule has 0 aliphatic heterocycles. The number of aryl methyl sites for hydroxylation is 2. The summed E-state index contributed by atoms with van der Waals surface area (Å²) in [5, 5.41) is 9.19. The van der Waals surface area contributed by atoms with Crippen molar-refractivity contribution < 1.29 is 5.11 Å². The Morgan fingerprint density at radius 3 is 1.88 bits per heavy atom. The highest BCUT2D eigenvalue weighted by Gasteiger charge is 1.92. The topological polar surface area (TPSA) is 20.2 Å². The highest BCUT2D eigenvalue weighted by atomic mass is 16.3. The summed E-state index contributed by atoms with van der Waals surface area (Å²) in [6.45, 7) is 4.20. The Kier molecular flexibility index (Phi) is 3.29. The van der Waals surface area contributed by atoms with Crippen molar-refractivity contribution in [1.82, 2.24) is 0 Å². The van der Waals surface area contributed by atoms with Crippen LogP contribution in [0.2, 0.25) is 0 Å². The lowest BCUT2D eigenvalue weighted by Gasteiger charge is -2.00. The van der Waals surface area contributed by atoms with Crippen molar-refractivity contribution in [2.75, 3.05) is 0 Å². The maximum Gasteiger partial charge on any atom is 0.115 e. The molecule has 1 nitrogen and oxygen atoms in total. The highest BCUT2D eigenvalue weighted by molar-refractivity contribution is 5.70. The molecule has 2 aromatic rings. The lowest BCUT2D eigenvalue weighted by Crippen LogP contribution is -1.80. The molecule has 1 N–H and O–H groups in total. The Labute approximate surface area is 102 Å². The average molecular weight is 224 g/mol. The number of rotatable bonds is 2. The fourth-order valence-corrected chi connectivity index (χ4v) is 1.88. The number of phenolic OH excluding ortho intramolecular Hbond substituents is 1. The van der Waals surface area contributed by atoms with Gasteiger partial charge in [-0.05, 0) is 37.1 Å². The van der Waals surface area contributed by atoms with Crippen molar-refractivity contribution >= 4 is 12.2 Å². The normalized spacial score (nSPS) is 10.9. The second-order valence-corrected chi connectivity index (χ2v) is 4.35. The molecule has 0 unspecified atom stereocenters. The largest absolute Gasteiger partial charge is 0.508 e. The first-order valence-corrected chi connectivity index (χ1v) is 5.69. The zero-order chi connectivity index (χ0) is 12.3. The summed E-state index contributed by atoms with van der Waals surface area (Å²) >= 11 is 0. The molecule has 0 atom stereocenters. The molecule has 0 saturated heterocycles. The molecular weight excluding hydrogens is 208 g/mol. The van der Waals surface area contributed by atoms with E-state index in [9.17, 15) is 5.11 Å². The van der Waals surface area contributed by atoms with Gasteiger partial charge >= 0.3 is 0 Å². The van der Waals surface area contributed by atoms with Gasteiger partial charge in [-0.15, -0.1) is 0 Å². The molecule has 0 aliphatic rings. The number of benzene rings is 2. The smallest absolute Gasteiger partial charge is 0.115 e. The van der Waals surface area contributed by atoms with E-state index in [1.165, 1.54) is 16.7 Å². The Balaban J connectivity index is 2.22. The van der Waals surface area contributed by atoms with Crippen LogP contribution in [0.1, 0.15) is 22.3 Å². The Bertz CT molecular complexity index is 516. The van der Waals surface area contributed by atoms with Crippen molar-refractivity contribution in [3.8, 4) is 5.75 Å². The zero-order valence-corrected chi connectivity index (χ0v) is 10.1. The molecule has 0 spiro atoms. The maximum atomic E-state index is 9.19. The molecule has 0 aliphatic carbocycles. The van der Waals surface area contributed by atoms with E-state index in [-0.39, 0.29) is 0 Å². The first-order chi connectivity index (χ1) is 8.13. The molecule has 0 bridgehead atoms. The van der Waals surface area contributed by atoms with Crippen molar-refractivity contribution in [3.05, 3.63) is 64.7 Å². The van der Waals surface area contributed by atoms with E-state index in [1.54, 1.807) is 12.1 Å². The van der Waals surface area contributed by atoms with Crippen molar-refractivity contribution in [3.63, 3.8) is 0 Å². The maximum absolute atomic E-state index is 9.19. The third kappa shape index (κ3) is 3.22. The average Bonchev–Trinajstić information content (AvgIpc) is 2.27. The van der Waals surface area contributed by atoms with Gasteiger partial charge in [0.2, 0.25) is 0 Å². The quantitative estimate of drug-likeness (QED) is 0.759. The van der Waals surface area contributed by atoms with Crippen LogP contribution < -0.4 is 0 Å². The standard InChI is InChI=1S/C16H16O/c1-12-9-13(2)11-15(10-12)4-3-14-5-7-16(17)8-6-14/h3-11,17H,1-2H3. The molecule has 0 fully saturated rings. The third-order valence-corrected chi connectivity index (χ3v) is 2.61. The fourth-order valence-electron chi connectivity index (χ4n) is 1.88. The van der Waals surface area contributed by atoms with Crippen LogP contribution in [0.5, 0.6) is 5.75 Å². The molecule has 1 heteroatoms. The number of hydrogen-bond acceptors (Lipinski definition) is 1. The molecule has 0 amide bonds. The summed E-state index contributed by atoms with van der Waals surface area (Å²) in [5.41, 5.74) is 4.84. The Morgan fingerprint density at radius 2 is 1.29 bits per heavy atom. The Morgan fingerprint density at radius 1 is 0.765 bits per heavy atom. The van der Waals surface area contributed by atoms with E-state index in [2.05, 4.69) is 38.1 Å². The van der Waals surface area contributed by atoms with Crippen LogP contribution in [0, 0.1) is 13.8 Å². The molecule has 2 aromatic carbocycles. The lowest BCUT2D eigenvalue weighted by atomic mass is 10.1. The second kappa shape index (κ2) is 4.88. The summed E-state index contributed by atoms with van der Waals surface area (Å²) in [6.07, 6.45) is 4.14. The van der Waals surface area contributed by atoms with Crippen LogP contribution in [0.25, 0.3) is 12.2 Å². The zero-order valence-electron chi connectivity index (χ0n) is 10.1. The molecule has 0 heterocycles. The molecule has 0 radical (unpaired) electrons. The lowest BCUT2D eigenvalue weighted by molar-refractivity contribution is 0.475. The summed E-state index contributed by atoms with van der Waals surface area (Å²) in [4.78, 5) is 0. The van der Waals surface area contributed by atoms with E-state index >= 15 is 0 Å². The van der Waals surface area contributed by atoms with Gasteiger partial charge in [0, 0.05) is 0 Å². The molecular formula is C16H16O. The van der Waals surface area contributed by atoms with E-state index in [0.29, 0.717) is 5.75 Å². The predicted molar refractivity (Wildman–Crippen MR) is 73.0 cm³/mol. The molecule has 2 rings (SSSR count). The van der Waals surface area contributed by atoms with Crippen LogP contribution in [0.3, 0.4) is 0 Å². The summed E-state index contributed by atoms with van der Waals surface area (Å²) in [5.74, 6) is 0.300. The first-order valence-electron chi connectivity index (χ1n) is 5.69. The van der Waals surface area contributed by atoms with Crippen LogP contribution in [0.4, 0.5) is 0 Å². The number of phenols is 1. The summed E-state index contributed by atoms with van der Waals surface area (Å²) in [7, 11) is 0. The van der Waals surface area contributed by atoms with Crippen LogP contribution in [0.15, 0.2) is 42.5 Å². The van der Waals surface area contributed by atoms with E-state index in [1.807, 2.05) is 18.2 Å². The van der Waals surface area contributed by atoms with Crippen LogP contribution in [-0.2, 0) is 0 Å². The van der Waals surface area contributed by atoms with Gasteiger partial charge in [-0.3, -0.25) is 0 Å². The molecule has 86 valence electrons. The van der Waals surface area contributed by atoms with Gasteiger partial charge < -0.3 is 5.11 Å². The highest BCUT2D eigenvalue weighted by Crippen LogP contribution is 2.14. The molecule has 0 saturated carbocycles. The van der Waals surface area contributed by atoms with Gasteiger partial charge in [0.05, 0.1) is 0 Å². The van der Waals surface area contributed by atoms with E-state index in [4.69, 9.17) is 0 Å². The minimum atomic E-state index is 0.300. The minimum absolute atomic E-state index is 0.300. The van der Waals surface area contributed by atoms with Crippen molar-refractivity contribution in [1.29, 1.82) is 0 Å². The monoisotopic (exact) mass is 224 g/mol. The van der Waals surface area contributed by atoms with Crippen molar-refractivity contribution in [2.24, 2.45) is 0 Å². The number of aromatic hydroxyl groups is 1. The summed E-state index contributed by atoms with van der Waals surface area (Å²) < 4.78 is 0. The van der Waals surface area contributed by atoms with Crippen LogP contribution >= 0.6 is 0 Å². The van der Waals surface area contributed by atoms with E-state index in [0.717, 1.165) is 5.56 Å². The fraction of sp³-hybridized carbons (Fsp3) is 0.125. The third-order valence-electron chi connectivity index (χ3n) is 2.61. The second-order valence-electron chi connectivity index (χ2n) is 4.35. The summed E-state index contributed by atoms with van der Waals surface area (Å²) in [6, 6.07) is 13.7. The van der Waals surface area contributed by atoms with Gasteiger partial charge in [0.1, 0.15) is 5.75 Å². The van der Waals surface area contributed by atoms with Crippen molar-refractivity contribution in [2.45, 2.75) is 13.8 Å². The molecule has 17 heavy (non-hydrogen) atoms. The predicted octanol–water partition coefficient (Wildman–Crippen LogP) is 4.18. The van der Waals surface area contributed by atoms with Gasteiger partial charge in [-0.25, -0.2) is 0 Å². The van der Waals surface area contributed by atoms with Gasteiger partial charge in [0.25, 0.3) is 0 Å². The van der Waals surface area contributed by atoms with Gasteiger partial charge in [0.15, 0.2) is 0 Å². The van der Waals surface area contributed by atoms with Crippen LogP contribution in [-0.4, -0.2) is 5.11 Å². The SMILES string of the molecule is Cc1cc(C)cc(C=Cc2ccc(O)cc2)c1. The first kappa shape index (κ1) is 11.5.